The molecule has 2 rings (SSSR count). The fourth-order valence-electron chi connectivity index (χ4n) is 2.51. The van der Waals surface area contributed by atoms with Crippen molar-refractivity contribution in [3.8, 4) is 5.75 Å². The summed E-state index contributed by atoms with van der Waals surface area (Å²) in [6.45, 7) is 3.83. The summed E-state index contributed by atoms with van der Waals surface area (Å²) in [5.41, 5.74) is 7.25. The quantitative estimate of drug-likeness (QED) is 0.498. The van der Waals surface area contributed by atoms with Crippen LogP contribution in [-0.4, -0.2) is 44.3 Å². The Balaban J connectivity index is 1.83. The highest BCUT2D eigenvalue weighted by Gasteiger charge is 2.10. The van der Waals surface area contributed by atoms with Crippen LogP contribution in [0.5, 0.6) is 5.75 Å². The predicted molar refractivity (Wildman–Crippen MR) is 89.2 cm³/mol. The number of guanidine groups is 1. The van der Waals surface area contributed by atoms with E-state index in [1.165, 1.54) is 25.7 Å². The third-order valence-corrected chi connectivity index (χ3v) is 3.83. The molecule has 1 saturated heterocycles. The summed E-state index contributed by atoms with van der Waals surface area (Å²) in [5, 5.41) is 0. The summed E-state index contributed by atoms with van der Waals surface area (Å²) in [5.74, 6) is 1.52. The molecule has 0 aromatic heterocycles. The van der Waals surface area contributed by atoms with Crippen molar-refractivity contribution in [1.29, 1.82) is 0 Å². The topological polar surface area (TPSA) is 60.1 Å². The van der Waals surface area contributed by atoms with Crippen LogP contribution in [0.3, 0.4) is 0 Å². The number of hydrogen-bond acceptors (Lipinski definition) is 3. The van der Waals surface area contributed by atoms with Gasteiger partial charge in [0.25, 0.3) is 0 Å². The monoisotopic (exact) mass is 305 g/mol. The Morgan fingerprint density at radius 3 is 2.41 bits per heavy atom. The third kappa shape index (κ3) is 5.56. The maximum atomic E-state index is 6.11. The maximum Gasteiger partial charge on any atom is 0.191 e. The summed E-state index contributed by atoms with van der Waals surface area (Å²) in [4.78, 5) is 6.73. The Labute approximate surface area is 133 Å². The number of aliphatic imine (C=N–C) groups is 1. The van der Waals surface area contributed by atoms with Crippen molar-refractivity contribution in [1.82, 2.24) is 4.90 Å². The van der Waals surface area contributed by atoms with Crippen LogP contribution in [-0.2, 0) is 11.3 Å². The van der Waals surface area contributed by atoms with Gasteiger partial charge in [-0.25, -0.2) is 4.99 Å². The van der Waals surface area contributed by atoms with Crippen LogP contribution < -0.4 is 10.5 Å². The van der Waals surface area contributed by atoms with Crippen molar-refractivity contribution in [3.05, 3.63) is 29.8 Å². The first-order chi connectivity index (χ1) is 10.8. The van der Waals surface area contributed by atoms with Crippen LogP contribution in [0.2, 0.25) is 0 Å². The molecular formula is C17H27N3O2. The fraction of sp³-hybridized carbons (Fsp3) is 0.588. The molecule has 1 aromatic carbocycles. The number of methoxy groups -OCH3 is 1. The van der Waals surface area contributed by atoms with Crippen LogP contribution in [0.25, 0.3) is 0 Å². The van der Waals surface area contributed by atoms with Crippen molar-refractivity contribution in [2.45, 2.75) is 32.2 Å². The molecule has 0 aliphatic carbocycles. The van der Waals surface area contributed by atoms with Crippen LogP contribution in [0.4, 0.5) is 0 Å². The minimum atomic E-state index is 0.565. The standard InChI is InChI=1S/C17H27N3O2/c1-21-12-13-22-16-8-6-15(7-9-16)14-19-17(18)20-10-4-2-3-5-11-20/h6-9H,2-5,10-14H2,1H3,(H2,18,19). The molecule has 0 spiro atoms. The number of hydrogen-bond donors (Lipinski definition) is 1. The molecule has 1 heterocycles. The molecule has 1 aliphatic heterocycles. The number of benzene rings is 1. The van der Waals surface area contributed by atoms with Crippen molar-refractivity contribution in [2.75, 3.05) is 33.4 Å². The van der Waals surface area contributed by atoms with Gasteiger partial charge in [-0.05, 0) is 30.5 Å². The van der Waals surface area contributed by atoms with Crippen molar-refractivity contribution < 1.29 is 9.47 Å². The minimum Gasteiger partial charge on any atom is -0.491 e. The highest BCUT2D eigenvalue weighted by Crippen LogP contribution is 2.13. The van der Waals surface area contributed by atoms with Crippen LogP contribution >= 0.6 is 0 Å². The van der Waals surface area contributed by atoms with Crippen LogP contribution in [0.15, 0.2) is 29.3 Å². The molecule has 2 N–H and O–H groups in total. The van der Waals surface area contributed by atoms with Gasteiger partial charge < -0.3 is 20.1 Å². The molecule has 1 fully saturated rings. The van der Waals surface area contributed by atoms with Crippen molar-refractivity contribution >= 4 is 5.96 Å². The molecule has 0 saturated carbocycles. The molecule has 1 aliphatic rings. The summed E-state index contributed by atoms with van der Waals surface area (Å²) < 4.78 is 10.5. The van der Waals surface area contributed by atoms with E-state index in [4.69, 9.17) is 15.2 Å². The number of nitrogens with two attached hydrogens (primary N) is 1. The molecule has 0 atom stereocenters. The predicted octanol–water partition coefficient (Wildman–Crippen LogP) is 2.40. The highest BCUT2D eigenvalue weighted by molar-refractivity contribution is 5.78. The number of rotatable bonds is 6. The van der Waals surface area contributed by atoms with Crippen molar-refractivity contribution in [3.63, 3.8) is 0 Å². The molecule has 122 valence electrons. The van der Waals surface area contributed by atoms with E-state index in [-0.39, 0.29) is 0 Å². The molecule has 22 heavy (non-hydrogen) atoms. The SMILES string of the molecule is COCCOc1ccc(CN=C(N)N2CCCCCC2)cc1. The zero-order chi connectivity index (χ0) is 15.6. The molecular weight excluding hydrogens is 278 g/mol. The van der Waals surface area contributed by atoms with E-state index in [2.05, 4.69) is 9.89 Å². The molecule has 5 heteroatoms. The average molecular weight is 305 g/mol. The lowest BCUT2D eigenvalue weighted by molar-refractivity contribution is 0.146. The van der Waals surface area contributed by atoms with Gasteiger partial charge in [0.15, 0.2) is 5.96 Å². The average Bonchev–Trinajstić information content (AvgIpc) is 2.83. The second-order valence-electron chi connectivity index (χ2n) is 5.56. The highest BCUT2D eigenvalue weighted by atomic mass is 16.5. The van der Waals surface area contributed by atoms with Gasteiger partial charge in [0, 0.05) is 20.2 Å². The van der Waals surface area contributed by atoms with Gasteiger partial charge in [0.1, 0.15) is 12.4 Å². The van der Waals surface area contributed by atoms with E-state index in [0.717, 1.165) is 24.4 Å². The molecule has 0 bridgehead atoms. The first-order valence-electron chi connectivity index (χ1n) is 8.05. The Hall–Kier alpha value is -1.75. The van der Waals surface area contributed by atoms with Gasteiger partial charge >= 0.3 is 0 Å². The van der Waals surface area contributed by atoms with Gasteiger partial charge in [-0.1, -0.05) is 25.0 Å². The van der Waals surface area contributed by atoms with Gasteiger partial charge in [0.05, 0.1) is 13.2 Å². The summed E-state index contributed by atoms with van der Waals surface area (Å²) >= 11 is 0. The molecule has 1 aromatic rings. The smallest absolute Gasteiger partial charge is 0.191 e. The largest absolute Gasteiger partial charge is 0.491 e. The Morgan fingerprint density at radius 1 is 1.09 bits per heavy atom. The number of ether oxygens (including phenoxy) is 2. The summed E-state index contributed by atoms with van der Waals surface area (Å²) in [7, 11) is 1.67. The lowest BCUT2D eigenvalue weighted by atomic mass is 10.2. The van der Waals surface area contributed by atoms with Gasteiger partial charge in [-0.3, -0.25) is 0 Å². The maximum absolute atomic E-state index is 6.11. The van der Waals surface area contributed by atoms with E-state index in [1.807, 2.05) is 24.3 Å². The van der Waals surface area contributed by atoms with E-state index < -0.39 is 0 Å². The minimum absolute atomic E-state index is 0.565. The third-order valence-electron chi connectivity index (χ3n) is 3.83. The Morgan fingerprint density at radius 2 is 1.77 bits per heavy atom. The van der Waals surface area contributed by atoms with Gasteiger partial charge in [-0.2, -0.15) is 0 Å². The van der Waals surface area contributed by atoms with E-state index in [0.29, 0.717) is 25.7 Å². The van der Waals surface area contributed by atoms with Crippen molar-refractivity contribution in [2.24, 2.45) is 10.7 Å². The fourth-order valence-corrected chi connectivity index (χ4v) is 2.51. The zero-order valence-electron chi connectivity index (χ0n) is 13.5. The Kier molecular flexibility index (Phi) is 7.03. The lowest BCUT2D eigenvalue weighted by Gasteiger charge is -2.21. The summed E-state index contributed by atoms with van der Waals surface area (Å²) in [6.07, 6.45) is 5.02. The Bertz CT molecular complexity index is 451. The second-order valence-corrected chi connectivity index (χ2v) is 5.56. The molecule has 0 radical (unpaired) electrons. The molecule has 0 unspecified atom stereocenters. The number of nitrogens with zero attached hydrogens (tertiary/aromatic N) is 2. The normalized spacial score (nSPS) is 16.4. The molecule has 0 amide bonds. The van der Waals surface area contributed by atoms with E-state index in [1.54, 1.807) is 7.11 Å². The van der Waals surface area contributed by atoms with Gasteiger partial charge in [-0.15, -0.1) is 0 Å². The lowest BCUT2D eigenvalue weighted by Crippen LogP contribution is -2.38. The van der Waals surface area contributed by atoms with E-state index in [9.17, 15) is 0 Å². The first-order valence-corrected chi connectivity index (χ1v) is 8.05. The summed E-state index contributed by atoms with van der Waals surface area (Å²) in [6, 6.07) is 7.98. The molecule has 5 nitrogen and oxygen atoms in total. The number of likely N-dealkylation sites (tertiary alicyclic amines) is 1. The van der Waals surface area contributed by atoms with Gasteiger partial charge in [0.2, 0.25) is 0 Å². The van der Waals surface area contributed by atoms with E-state index >= 15 is 0 Å². The van der Waals surface area contributed by atoms with Crippen LogP contribution in [0.1, 0.15) is 31.2 Å². The zero-order valence-corrected chi connectivity index (χ0v) is 13.5. The van der Waals surface area contributed by atoms with Crippen LogP contribution in [0, 0.1) is 0 Å². The first kappa shape index (κ1) is 16.6. The second kappa shape index (κ2) is 9.30.